The molecule has 1 heterocycles. The number of hydrogen-bond donors (Lipinski definition) is 2. The van der Waals surface area contributed by atoms with Crippen LogP contribution in [0.4, 0.5) is 0 Å². The second-order valence-electron chi connectivity index (χ2n) is 4.62. The topological polar surface area (TPSA) is 71.3 Å². The van der Waals surface area contributed by atoms with Crippen molar-refractivity contribution < 1.29 is 14.0 Å². The highest BCUT2D eigenvalue weighted by Crippen LogP contribution is 2.10. The molecule has 2 amide bonds. The number of furan rings is 1. The largest absolute Gasteiger partial charge is 0.469 e. The van der Waals surface area contributed by atoms with Gasteiger partial charge in [0, 0.05) is 5.56 Å². The van der Waals surface area contributed by atoms with Crippen LogP contribution in [0.15, 0.2) is 34.9 Å². The lowest BCUT2D eigenvalue weighted by Gasteiger charge is -2.09. The van der Waals surface area contributed by atoms with Gasteiger partial charge in [-0.1, -0.05) is 17.7 Å². The first-order valence-corrected chi connectivity index (χ1v) is 6.21. The van der Waals surface area contributed by atoms with E-state index in [2.05, 4.69) is 10.9 Å². The number of carbonyl (C=O) groups excluding carboxylic acids is 2. The Balaban J connectivity index is 2.04. The number of rotatable bonds is 2. The molecule has 5 heteroatoms. The van der Waals surface area contributed by atoms with Gasteiger partial charge in [0.25, 0.3) is 11.8 Å². The first kappa shape index (κ1) is 13.9. The van der Waals surface area contributed by atoms with Gasteiger partial charge in [-0.2, -0.15) is 0 Å². The minimum absolute atomic E-state index is 0.347. The summed E-state index contributed by atoms with van der Waals surface area (Å²) in [5, 5.41) is 0. The molecule has 2 rings (SSSR count). The van der Waals surface area contributed by atoms with Gasteiger partial charge in [0.1, 0.15) is 5.76 Å². The summed E-state index contributed by atoms with van der Waals surface area (Å²) in [7, 11) is 0. The summed E-state index contributed by atoms with van der Waals surface area (Å²) in [4.78, 5) is 23.9. The number of benzene rings is 1. The van der Waals surface area contributed by atoms with Crippen LogP contribution in [-0.4, -0.2) is 11.8 Å². The molecule has 5 nitrogen and oxygen atoms in total. The number of amides is 2. The van der Waals surface area contributed by atoms with E-state index in [1.54, 1.807) is 19.1 Å². The van der Waals surface area contributed by atoms with Gasteiger partial charge in [0.05, 0.1) is 11.8 Å². The molecule has 0 bridgehead atoms. The van der Waals surface area contributed by atoms with E-state index in [-0.39, 0.29) is 5.91 Å². The van der Waals surface area contributed by atoms with Crippen LogP contribution in [0.25, 0.3) is 0 Å². The van der Waals surface area contributed by atoms with Gasteiger partial charge < -0.3 is 4.42 Å². The summed E-state index contributed by atoms with van der Waals surface area (Å²) < 4.78 is 5.04. The van der Waals surface area contributed by atoms with Gasteiger partial charge >= 0.3 is 0 Å². The maximum Gasteiger partial charge on any atom is 0.273 e. The molecule has 0 atom stereocenters. The molecular formula is C15H16N2O3. The zero-order valence-corrected chi connectivity index (χ0v) is 11.6. The summed E-state index contributed by atoms with van der Waals surface area (Å²) in [6.07, 6.45) is 1.43. The number of carbonyl (C=O) groups is 2. The first-order chi connectivity index (χ1) is 9.49. The molecule has 0 aliphatic rings. The average molecular weight is 272 g/mol. The summed E-state index contributed by atoms with van der Waals surface area (Å²) >= 11 is 0. The van der Waals surface area contributed by atoms with Crippen LogP contribution in [-0.2, 0) is 0 Å². The molecule has 0 aliphatic heterocycles. The van der Waals surface area contributed by atoms with Crippen LogP contribution in [0.5, 0.6) is 0 Å². The number of aryl methyl sites for hydroxylation is 3. The third-order valence-corrected chi connectivity index (χ3v) is 3.03. The Kier molecular flexibility index (Phi) is 3.89. The molecule has 1 aromatic carbocycles. The Bertz CT molecular complexity index is 659. The van der Waals surface area contributed by atoms with Crippen molar-refractivity contribution in [2.24, 2.45) is 0 Å². The lowest BCUT2D eigenvalue weighted by molar-refractivity contribution is 0.0845. The molecule has 2 aromatic rings. The minimum Gasteiger partial charge on any atom is -0.469 e. The van der Waals surface area contributed by atoms with Crippen molar-refractivity contribution in [3.8, 4) is 0 Å². The Labute approximate surface area is 117 Å². The summed E-state index contributed by atoms with van der Waals surface area (Å²) in [6, 6.07) is 7.13. The molecule has 0 unspecified atom stereocenters. The van der Waals surface area contributed by atoms with Crippen LogP contribution >= 0.6 is 0 Å². The summed E-state index contributed by atoms with van der Waals surface area (Å²) in [6.45, 7) is 5.43. The Morgan fingerprint density at radius 3 is 2.20 bits per heavy atom. The van der Waals surface area contributed by atoms with Crippen LogP contribution < -0.4 is 10.9 Å². The summed E-state index contributed by atoms with van der Waals surface area (Å²) in [5.74, 6) is -0.251. The van der Waals surface area contributed by atoms with Crippen molar-refractivity contribution in [3.63, 3.8) is 0 Å². The molecular weight excluding hydrogens is 256 g/mol. The van der Waals surface area contributed by atoms with Crippen LogP contribution in [0.1, 0.15) is 37.6 Å². The lowest BCUT2D eigenvalue weighted by Crippen LogP contribution is -2.42. The highest BCUT2D eigenvalue weighted by molar-refractivity contribution is 6.00. The second-order valence-corrected chi connectivity index (χ2v) is 4.62. The number of hydrogen-bond acceptors (Lipinski definition) is 3. The van der Waals surface area contributed by atoms with Gasteiger partial charge in [-0.3, -0.25) is 20.4 Å². The SMILES string of the molecule is Cc1ccc(C)c(C(=O)NNC(=O)c2ccoc2C)c1. The van der Waals surface area contributed by atoms with E-state index in [0.29, 0.717) is 16.9 Å². The molecule has 104 valence electrons. The van der Waals surface area contributed by atoms with Crippen molar-refractivity contribution >= 4 is 11.8 Å². The van der Waals surface area contributed by atoms with Crippen LogP contribution in [0.3, 0.4) is 0 Å². The van der Waals surface area contributed by atoms with Crippen molar-refractivity contribution in [3.05, 3.63) is 58.5 Å². The molecule has 0 saturated carbocycles. The average Bonchev–Trinajstić information content (AvgIpc) is 2.84. The highest BCUT2D eigenvalue weighted by atomic mass is 16.3. The van der Waals surface area contributed by atoms with E-state index >= 15 is 0 Å². The van der Waals surface area contributed by atoms with E-state index in [0.717, 1.165) is 11.1 Å². The van der Waals surface area contributed by atoms with Gasteiger partial charge in [0.2, 0.25) is 0 Å². The summed E-state index contributed by atoms with van der Waals surface area (Å²) in [5.41, 5.74) is 7.54. The quantitative estimate of drug-likeness (QED) is 0.824. The van der Waals surface area contributed by atoms with Crippen molar-refractivity contribution in [2.45, 2.75) is 20.8 Å². The van der Waals surface area contributed by atoms with Gasteiger partial charge in [0.15, 0.2) is 0 Å². The Hall–Kier alpha value is -2.56. The van der Waals surface area contributed by atoms with Gasteiger partial charge in [-0.15, -0.1) is 0 Å². The smallest absolute Gasteiger partial charge is 0.273 e. The maximum atomic E-state index is 12.0. The highest BCUT2D eigenvalue weighted by Gasteiger charge is 2.14. The zero-order valence-electron chi connectivity index (χ0n) is 11.6. The third kappa shape index (κ3) is 2.88. The lowest BCUT2D eigenvalue weighted by atomic mass is 10.1. The molecule has 0 radical (unpaired) electrons. The van der Waals surface area contributed by atoms with Gasteiger partial charge in [-0.25, -0.2) is 0 Å². The van der Waals surface area contributed by atoms with Crippen LogP contribution in [0.2, 0.25) is 0 Å². The van der Waals surface area contributed by atoms with Crippen LogP contribution in [0, 0.1) is 20.8 Å². The predicted molar refractivity (Wildman–Crippen MR) is 74.3 cm³/mol. The van der Waals surface area contributed by atoms with E-state index < -0.39 is 5.91 Å². The molecule has 2 N–H and O–H groups in total. The number of hydrazine groups is 1. The Morgan fingerprint density at radius 2 is 1.60 bits per heavy atom. The second kappa shape index (κ2) is 5.61. The van der Waals surface area contributed by atoms with Crippen molar-refractivity contribution in [1.82, 2.24) is 10.9 Å². The predicted octanol–water partition coefficient (Wildman–Crippen LogP) is 2.28. The van der Waals surface area contributed by atoms with E-state index in [4.69, 9.17) is 4.42 Å². The maximum absolute atomic E-state index is 12.0. The fraction of sp³-hybridized carbons (Fsp3) is 0.200. The molecule has 0 saturated heterocycles. The molecule has 0 fully saturated rings. The van der Waals surface area contributed by atoms with Crippen molar-refractivity contribution in [2.75, 3.05) is 0 Å². The molecule has 0 aliphatic carbocycles. The fourth-order valence-corrected chi connectivity index (χ4v) is 1.85. The standard InChI is InChI=1S/C15H16N2O3/c1-9-4-5-10(2)13(8-9)15(19)17-16-14(18)12-6-7-20-11(12)3/h4-8H,1-3H3,(H,16,18)(H,17,19). The zero-order chi connectivity index (χ0) is 14.7. The number of nitrogens with one attached hydrogen (secondary N) is 2. The van der Waals surface area contributed by atoms with E-state index in [9.17, 15) is 9.59 Å². The molecule has 20 heavy (non-hydrogen) atoms. The van der Waals surface area contributed by atoms with Gasteiger partial charge in [-0.05, 0) is 38.5 Å². The fourth-order valence-electron chi connectivity index (χ4n) is 1.85. The van der Waals surface area contributed by atoms with Crippen molar-refractivity contribution in [1.29, 1.82) is 0 Å². The minimum atomic E-state index is -0.407. The molecule has 1 aromatic heterocycles. The third-order valence-electron chi connectivity index (χ3n) is 3.03. The van der Waals surface area contributed by atoms with E-state index in [1.807, 2.05) is 26.0 Å². The first-order valence-electron chi connectivity index (χ1n) is 6.21. The normalized spacial score (nSPS) is 10.2. The Morgan fingerprint density at radius 1 is 0.950 bits per heavy atom. The monoisotopic (exact) mass is 272 g/mol. The molecule has 0 spiro atoms. The van der Waals surface area contributed by atoms with E-state index in [1.165, 1.54) is 6.26 Å².